The van der Waals surface area contributed by atoms with Crippen LogP contribution in [0, 0.1) is 6.92 Å². The summed E-state index contributed by atoms with van der Waals surface area (Å²) in [5, 5.41) is 0. The quantitative estimate of drug-likeness (QED) is 0.684. The summed E-state index contributed by atoms with van der Waals surface area (Å²) in [5.41, 5.74) is 2.74. The number of pyridine rings is 1. The molecule has 1 fully saturated rings. The minimum Gasteiger partial charge on any atom is -0.379 e. The van der Waals surface area contributed by atoms with Crippen molar-refractivity contribution in [2.75, 3.05) is 13.2 Å². The maximum Gasteiger partial charge on any atom is 0.0583 e. The van der Waals surface area contributed by atoms with Crippen LogP contribution in [-0.4, -0.2) is 18.2 Å². The molecular formula is C12H19NO. The summed E-state index contributed by atoms with van der Waals surface area (Å²) in [6.45, 7) is 9.95. The van der Waals surface area contributed by atoms with Gasteiger partial charge in [0, 0.05) is 17.8 Å². The number of aromatic nitrogens is 1. The van der Waals surface area contributed by atoms with E-state index >= 15 is 0 Å². The highest BCUT2D eigenvalue weighted by molar-refractivity contribution is 5.27. The van der Waals surface area contributed by atoms with Crippen molar-refractivity contribution in [2.24, 2.45) is 0 Å². The van der Waals surface area contributed by atoms with Crippen molar-refractivity contribution in [3.8, 4) is 0 Å². The van der Waals surface area contributed by atoms with Gasteiger partial charge in [-0.05, 0) is 18.1 Å². The Kier molecular flexibility index (Phi) is 3.64. The van der Waals surface area contributed by atoms with Gasteiger partial charge in [0.1, 0.15) is 0 Å². The molecule has 0 aromatic carbocycles. The van der Waals surface area contributed by atoms with Gasteiger partial charge in [0.15, 0.2) is 0 Å². The molecule has 1 aliphatic heterocycles. The topological polar surface area (TPSA) is 22.1 Å². The Bertz CT molecular complexity index is 292. The van der Waals surface area contributed by atoms with Gasteiger partial charge in [-0.15, -0.1) is 0 Å². The van der Waals surface area contributed by atoms with E-state index in [2.05, 4.69) is 24.9 Å². The zero-order valence-corrected chi connectivity index (χ0v) is 9.50. The third kappa shape index (κ3) is 2.13. The zero-order valence-electron chi connectivity index (χ0n) is 9.50. The first-order chi connectivity index (χ1) is 6.71. The molecule has 2 nitrogen and oxygen atoms in total. The number of hydrogen-bond acceptors (Lipinski definition) is 2. The first-order valence-corrected chi connectivity index (χ1v) is 5.21. The van der Waals surface area contributed by atoms with Gasteiger partial charge >= 0.3 is 0 Å². The van der Waals surface area contributed by atoms with Gasteiger partial charge in [0.05, 0.1) is 13.2 Å². The second-order valence-electron chi connectivity index (χ2n) is 3.80. The van der Waals surface area contributed by atoms with E-state index in [0.29, 0.717) is 0 Å². The van der Waals surface area contributed by atoms with Crippen molar-refractivity contribution in [1.29, 1.82) is 0 Å². The summed E-state index contributed by atoms with van der Waals surface area (Å²) in [5.74, 6) is 0. The number of aryl methyl sites for hydroxylation is 1. The highest BCUT2D eigenvalue weighted by Crippen LogP contribution is 2.31. The number of hydrogen-bond donors (Lipinski definition) is 0. The molecule has 2 heterocycles. The predicted molar refractivity (Wildman–Crippen MR) is 58.5 cm³/mol. The number of rotatable bonds is 1. The van der Waals surface area contributed by atoms with E-state index in [4.69, 9.17) is 4.74 Å². The van der Waals surface area contributed by atoms with Crippen LogP contribution in [0.3, 0.4) is 0 Å². The summed E-state index contributed by atoms with van der Waals surface area (Å²) in [6, 6.07) is 2.19. The fraction of sp³-hybridized carbons (Fsp3) is 0.583. The van der Waals surface area contributed by atoms with E-state index in [1.807, 2.05) is 26.2 Å². The standard InChI is InChI=1S/C10H13NO.C2H6/c1-8-3-9(5-11-4-8)10(2)6-12-7-10;1-2/h3-5H,6-7H2,1-2H3;1-2H3. The lowest BCUT2D eigenvalue weighted by atomic mass is 9.81. The van der Waals surface area contributed by atoms with E-state index < -0.39 is 0 Å². The molecule has 0 radical (unpaired) electrons. The van der Waals surface area contributed by atoms with E-state index in [0.717, 1.165) is 13.2 Å². The van der Waals surface area contributed by atoms with Crippen LogP contribution < -0.4 is 0 Å². The fourth-order valence-corrected chi connectivity index (χ4v) is 1.46. The Labute approximate surface area is 86.3 Å². The molecule has 0 amide bonds. The van der Waals surface area contributed by atoms with E-state index in [1.165, 1.54) is 11.1 Å². The van der Waals surface area contributed by atoms with E-state index in [-0.39, 0.29) is 5.41 Å². The molecule has 1 saturated heterocycles. The lowest BCUT2D eigenvalue weighted by molar-refractivity contribution is -0.0501. The summed E-state index contributed by atoms with van der Waals surface area (Å²) in [7, 11) is 0. The fourth-order valence-electron chi connectivity index (χ4n) is 1.46. The molecule has 0 N–H and O–H groups in total. The third-order valence-corrected chi connectivity index (χ3v) is 2.41. The molecule has 78 valence electrons. The average Bonchev–Trinajstić information content (AvgIpc) is 2.17. The van der Waals surface area contributed by atoms with Crippen LogP contribution in [-0.2, 0) is 10.2 Å². The van der Waals surface area contributed by atoms with Crippen LogP contribution in [0.25, 0.3) is 0 Å². The van der Waals surface area contributed by atoms with Crippen LogP contribution in [0.5, 0.6) is 0 Å². The lowest BCUT2D eigenvalue weighted by Crippen LogP contribution is -2.43. The molecule has 0 bridgehead atoms. The molecule has 1 aliphatic rings. The molecular weight excluding hydrogens is 174 g/mol. The van der Waals surface area contributed by atoms with Gasteiger partial charge in [-0.3, -0.25) is 4.98 Å². The highest BCUT2D eigenvalue weighted by Gasteiger charge is 2.35. The maximum atomic E-state index is 5.20. The molecule has 2 heteroatoms. The molecule has 14 heavy (non-hydrogen) atoms. The van der Waals surface area contributed by atoms with Crippen LogP contribution in [0.2, 0.25) is 0 Å². The number of ether oxygens (including phenoxy) is 1. The third-order valence-electron chi connectivity index (χ3n) is 2.41. The lowest BCUT2D eigenvalue weighted by Gasteiger charge is -2.38. The Balaban J connectivity index is 0.000000461. The SMILES string of the molecule is CC.Cc1cncc(C2(C)COC2)c1. The minimum absolute atomic E-state index is 0.221. The average molecular weight is 193 g/mol. The molecule has 0 aliphatic carbocycles. The second-order valence-corrected chi connectivity index (χ2v) is 3.80. The highest BCUT2D eigenvalue weighted by atomic mass is 16.5. The minimum atomic E-state index is 0.221. The number of nitrogens with zero attached hydrogens (tertiary/aromatic N) is 1. The zero-order chi connectivity index (χ0) is 10.6. The molecule has 2 rings (SSSR count). The molecule has 1 aromatic heterocycles. The van der Waals surface area contributed by atoms with Gasteiger partial charge in [0.2, 0.25) is 0 Å². The Hall–Kier alpha value is -0.890. The molecule has 1 aromatic rings. The van der Waals surface area contributed by atoms with Crippen LogP contribution >= 0.6 is 0 Å². The smallest absolute Gasteiger partial charge is 0.0583 e. The summed E-state index contributed by atoms with van der Waals surface area (Å²) < 4.78 is 5.20. The van der Waals surface area contributed by atoms with Gasteiger partial charge in [-0.1, -0.05) is 26.8 Å². The van der Waals surface area contributed by atoms with Crippen molar-refractivity contribution in [3.63, 3.8) is 0 Å². The Morgan fingerprint density at radius 3 is 2.36 bits per heavy atom. The first kappa shape index (κ1) is 11.2. The van der Waals surface area contributed by atoms with Crippen LogP contribution in [0.4, 0.5) is 0 Å². The van der Waals surface area contributed by atoms with Crippen LogP contribution in [0.1, 0.15) is 31.9 Å². The van der Waals surface area contributed by atoms with Crippen molar-refractivity contribution in [2.45, 2.75) is 33.1 Å². The van der Waals surface area contributed by atoms with Gasteiger partial charge in [-0.2, -0.15) is 0 Å². The van der Waals surface area contributed by atoms with Crippen LogP contribution in [0.15, 0.2) is 18.5 Å². The summed E-state index contributed by atoms with van der Waals surface area (Å²) in [6.07, 6.45) is 3.82. The van der Waals surface area contributed by atoms with E-state index in [1.54, 1.807) is 0 Å². The Morgan fingerprint density at radius 2 is 1.93 bits per heavy atom. The summed E-state index contributed by atoms with van der Waals surface area (Å²) >= 11 is 0. The largest absolute Gasteiger partial charge is 0.379 e. The van der Waals surface area contributed by atoms with Gasteiger partial charge < -0.3 is 4.74 Å². The van der Waals surface area contributed by atoms with E-state index in [9.17, 15) is 0 Å². The molecule has 0 unspecified atom stereocenters. The van der Waals surface area contributed by atoms with Crippen molar-refractivity contribution < 1.29 is 4.74 Å². The van der Waals surface area contributed by atoms with Gasteiger partial charge in [-0.25, -0.2) is 0 Å². The van der Waals surface area contributed by atoms with Gasteiger partial charge in [0.25, 0.3) is 0 Å². The van der Waals surface area contributed by atoms with Crippen molar-refractivity contribution in [1.82, 2.24) is 4.98 Å². The monoisotopic (exact) mass is 193 g/mol. The summed E-state index contributed by atoms with van der Waals surface area (Å²) in [4.78, 5) is 4.18. The molecule has 0 spiro atoms. The molecule has 0 saturated carbocycles. The maximum absolute atomic E-state index is 5.20. The second kappa shape index (κ2) is 4.56. The predicted octanol–water partition coefficient (Wildman–Crippen LogP) is 2.70. The Morgan fingerprint density at radius 1 is 1.29 bits per heavy atom. The first-order valence-electron chi connectivity index (χ1n) is 5.21. The van der Waals surface area contributed by atoms with Crippen molar-refractivity contribution >= 4 is 0 Å². The molecule has 0 atom stereocenters. The normalized spacial score (nSPS) is 17.7. The van der Waals surface area contributed by atoms with Crippen molar-refractivity contribution in [3.05, 3.63) is 29.6 Å².